The third-order valence-electron chi connectivity index (χ3n) is 4.44. The molecule has 0 aliphatic carbocycles. The average Bonchev–Trinajstić information content (AvgIpc) is 3.24. The molecule has 1 aromatic heterocycles. The number of amides is 1. The smallest absolute Gasteiger partial charge is 0.216 e. The van der Waals surface area contributed by atoms with Crippen molar-refractivity contribution >= 4 is 5.91 Å². The molecule has 24 heavy (non-hydrogen) atoms. The summed E-state index contributed by atoms with van der Waals surface area (Å²) in [6.07, 6.45) is 4.85. The van der Waals surface area contributed by atoms with E-state index in [0.717, 1.165) is 44.0 Å². The maximum Gasteiger partial charge on any atom is 0.216 e. The molecule has 0 saturated carbocycles. The Morgan fingerprint density at radius 3 is 3.04 bits per heavy atom. The minimum Gasteiger partial charge on any atom is -0.497 e. The predicted octanol–water partition coefficient (Wildman–Crippen LogP) is 1.84. The lowest BCUT2D eigenvalue weighted by Crippen LogP contribution is -2.29. The third-order valence-corrected chi connectivity index (χ3v) is 4.44. The number of ether oxygens (including phenoxy) is 1. The van der Waals surface area contributed by atoms with Crippen LogP contribution in [0, 0.1) is 5.92 Å². The molecule has 0 spiro atoms. The summed E-state index contributed by atoms with van der Waals surface area (Å²) in [6.45, 7) is 5.22. The molecule has 128 valence electrons. The molecule has 2 aromatic rings. The molecule has 0 radical (unpaired) electrons. The van der Waals surface area contributed by atoms with Gasteiger partial charge in [0.2, 0.25) is 5.91 Å². The minimum atomic E-state index is 0.0437. The number of nitrogens with zero attached hydrogens (tertiary/aromatic N) is 3. The van der Waals surface area contributed by atoms with E-state index < -0.39 is 0 Å². The largest absolute Gasteiger partial charge is 0.497 e. The Morgan fingerprint density at radius 2 is 2.33 bits per heavy atom. The van der Waals surface area contributed by atoms with Gasteiger partial charge in [-0.15, -0.1) is 0 Å². The number of benzene rings is 1. The number of carbonyl (C=O) groups excluding carboxylic acids is 1. The average molecular weight is 328 g/mol. The molecule has 0 bridgehead atoms. The molecule has 6 heteroatoms. The Kier molecular flexibility index (Phi) is 5.15. The first-order valence-electron chi connectivity index (χ1n) is 8.29. The highest BCUT2D eigenvalue weighted by Crippen LogP contribution is 2.25. The molecule has 1 aromatic carbocycles. The summed E-state index contributed by atoms with van der Waals surface area (Å²) in [5.74, 6) is 1.42. The topological polar surface area (TPSA) is 59.4 Å². The first kappa shape index (κ1) is 16.5. The molecule has 1 fully saturated rings. The van der Waals surface area contributed by atoms with Gasteiger partial charge in [0, 0.05) is 39.0 Å². The molecular weight excluding hydrogens is 304 g/mol. The second-order valence-electron chi connectivity index (χ2n) is 6.27. The Labute approximate surface area is 142 Å². The van der Waals surface area contributed by atoms with Gasteiger partial charge in [-0.2, -0.15) is 5.10 Å². The van der Waals surface area contributed by atoms with E-state index in [4.69, 9.17) is 4.74 Å². The van der Waals surface area contributed by atoms with Crippen LogP contribution >= 0.6 is 0 Å². The molecule has 1 saturated heterocycles. The number of nitrogens with one attached hydrogen (secondary N) is 1. The fourth-order valence-corrected chi connectivity index (χ4v) is 3.20. The van der Waals surface area contributed by atoms with Crippen molar-refractivity contribution in [2.24, 2.45) is 5.92 Å². The lowest BCUT2D eigenvalue weighted by Gasteiger charge is -2.19. The Morgan fingerprint density at radius 1 is 1.46 bits per heavy atom. The van der Waals surface area contributed by atoms with Crippen LogP contribution in [0.25, 0.3) is 5.69 Å². The van der Waals surface area contributed by atoms with Gasteiger partial charge in [-0.1, -0.05) is 0 Å². The van der Waals surface area contributed by atoms with E-state index in [-0.39, 0.29) is 5.91 Å². The van der Waals surface area contributed by atoms with Crippen LogP contribution in [0.5, 0.6) is 5.75 Å². The van der Waals surface area contributed by atoms with Crippen LogP contribution in [0.4, 0.5) is 0 Å². The van der Waals surface area contributed by atoms with Gasteiger partial charge in [-0.25, -0.2) is 4.68 Å². The molecule has 1 aliphatic heterocycles. The quantitative estimate of drug-likeness (QED) is 0.879. The van der Waals surface area contributed by atoms with E-state index in [1.165, 1.54) is 5.56 Å². The zero-order chi connectivity index (χ0) is 16.9. The Bertz CT molecular complexity index is 684. The Hall–Kier alpha value is -2.34. The zero-order valence-electron chi connectivity index (χ0n) is 14.2. The predicted molar refractivity (Wildman–Crippen MR) is 92.2 cm³/mol. The molecular formula is C18H24N4O2. The molecule has 3 rings (SSSR count). The van der Waals surface area contributed by atoms with Crippen molar-refractivity contribution in [1.29, 1.82) is 0 Å². The minimum absolute atomic E-state index is 0.0437. The van der Waals surface area contributed by atoms with Crippen LogP contribution in [-0.4, -0.2) is 47.3 Å². The summed E-state index contributed by atoms with van der Waals surface area (Å²) in [6, 6.07) is 8.02. The SMILES string of the molecule is COc1ccc(-n2cccn2)c(CN2CC[C@@H](CNC(C)=O)C2)c1. The fraction of sp³-hybridized carbons (Fsp3) is 0.444. The second-order valence-corrected chi connectivity index (χ2v) is 6.27. The third kappa shape index (κ3) is 3.94. The number of hydrogen-bond acceptors (Lipinski definition) is 4. The van der Waals surface area contributed by atoms with Gasteiger partial charge < -0.3 is 10.1 Å². The van der Waals surface area contributed by atoms with E-state index in [2.05, 4.69) is 21.4 Å². The first-order chi connectivity index (χ1) is 11.7. The summed E-state index contributed by atoms with van der Waals surface area (Å²) in [7, 11) is 1.69. The van der Waals surface area contributed by atoms with Crippen LogP contribution in [0.3, 0.4) is 0 Å². The standard InChI is InChI=1S/C18H24N4O2/c1-14(23)19-11-15-6-9-21(12-15)13-16-10-17(24-2)4-5-18(16)22-8-3-7-20-22/h3-5,7-8,10,15H,6,9,11-13H2,1-2H3,(H,19,23)/t15-/m0/s1. The highest BCUT2D eigenvalue weighted by molar-refractivity contribution is 5.72. The zero-order valence-corrected chi connectivity index (χ0v) is 14.2. The summed E-state index contributed by atoms with van der Waals surface area (Å²) in [5, 5.41) is 7.28. The number of hydrogen-bond donors (Lipinski definition) is 1. The highest BCUT2D eigenvalue weighted by atomic mass is 16.5. The van der Waals surface area contributed by atoms with Crippen LogP contribution in [0.2, 0.25) is 0 Å². The van der Waals surface area contributed by atoms with E-state index >= 15 is 0 Å². The second kappa shape index (κ2) is 7.49. The number of methoxy groups -OCH3 is 1. The van der Waals surface area contributed by atoms with Crippen molar-refractivity contribution < 1.29 is 9.53 Å². The molecule has 0 unspecified atom stereocenters. The van der Waals surface area contributed by atoms with Crippen LogP contribution in [-0.2, 0) is 11.3 Å². The van der Waals surface area contributed by atoms with Crippen LogP contribution < -0.4 is 10.1 Å². The van der Waals surface area contributed by atoms with Gasteiger partial charge in [0.1, 0.15) is 5.75 Å². The van der Waals surface area contributed by atoms with E-state index in [0.29, 0.717) is 5.92 Å². The van der Waals surface area contributed by atoms with Gasteiger partial charge in [0.15, 0.2) is 0 Å². The first-order valence-corrected chi connectivity index (χ1v) is 8.29. The number of aromatic nitrogens is 2. The maximum atomic E-state index is 11.1. The highest BCUT2D eigenvalue weighted by Gasteiger charge is 2.23. The van der Waals surface area contributed by atoms with Gasteiger partial charge in [-0.3, -0.25) is 9.69 Å². The normalized spacial score (nSPS) is 17.8. The van der Waals surface area contributed by atoms with Crippen LogP contribution in [0.1, 0.15) is 18.9 Å². The maximum absolute atomic E-state index is 11.1. The van der Waals surface area contributed by atoms with E-state index in [1.54, 1.807) is 20.2 Å². The van der Waals surface area contributed by atoms with Gasteiger partial charge >= 0.3 is 0 Å². The molecule has 6 nitrogen and oxygen atoms in total. The van der Waals surface area contributed by atoms with Gasteiger partial charge in [0.25, 0.3) is 0 Å². The summed E-state index contributed by atoms with van der Waals surface area (Å²) in [5.41, 5.74) is 2.27. The van der Waals surface area contributed by atoms with Gasteiger partial charge in [-0.05, 0) is 48.7 Å². The molecule has 1 aliphatic rings. The van der Waals surface area contributed by atoms with Crippen molar-refractivity contribution in [3.8, 4) is 11.4 Å². The van der Waals surface area contributed by atoms with Crippen LogP contribution in [0.15, 0.2) is 36.7 Å². The number of likely N-dealkylation sites (tertiary alicyclic amines) is 1. The van der Waals surface area contributed by atoms with E-state index in [9.17, 15) is 4.79 Å². The van der Waals surface area contributed by atoms with Crippen molar-refractivity contribution in [2.75, 3.05) is 26.7 Å². The monoisotopic (exact) mass is 328 g/mol. The number of rotatable bonds is 6. The lowest BCUT2D eigenvalue weighted by atomic mass is 10.1. The summed E-state index contributed by atoms with van der Waals surface area (Å²) >= 11 is 0. The van der Waals surface area contributed by atoms with Gasteiger partial charge in [0.05, 0.1) is 12.8 Å². The number of carbonyl (C=O) groups is 1. The molecule has 1 N–H and O–H groups in total. The molecule has 1 atom stereocenters. The summed E-state index contributed by atoms with van der Waals surface area (Å²) in [4.78, 5) is 13.5. The van der Waals surface area contributed by atoms with Crippen molar-refractivity contribution in [1.82, 2.24) is 20.0 Å². The Balaban J connectivity index is 1.71. The lowest BCUT2D eigenvalue weighted by molar-refractivity contribution is -0.119. The summed E-state index contributed by atoms with van der Waals surface area (Å²) < 4.78 is 7.27. The van der Waals surface area contributed by atoms with Crippen molar-refractivity contribution in [2.45, 2.75) is 19.9 Å². The van der Waals surface area contributed by atoms with Crippen molar-refractivity contribution in [3.63, 3.8) is 0 Å². The van der Waals surface area contributed by atoms with Crippen molar-refractivity contribution in [3.05, 3.63) is 42.2 Å². The molecule has 2 heterocycles. The van der Waals surface area contributed by atoms with E-state index in [1.807, 2.05) is 29.1 Å². The fourth-order valence-electron chi connectivity index (χ4n) is 3.20. The molecule has 1 amide bonds.